The summed E-state index contributed by atoms with van der Waals surface area (Å²) in [4.78, 5) is 31.5. The SMILES string of the molecule is Cl.O=C(Cc1cccc2[nH]c(-c3ccc(N4CCNCC4)nc3)nc12)Nc1nccs1. The average molecular weight is 456 g/mol. The Morgan fingerprint density at radius 2 is 2.03 bits per heavy atom. The van der Waals surface area contributed by atoms with E-state index in [2.05, 4.69) is 30.5 Å². The van der Waals surface area contributed by atoms with Crippen molar-refractivity contribution in [2.45, 2.75) is 6.42 Å². The Balaban J connectivity index is 0.00000231. The standard InChI is InChI=1S/C21H21N7OS.ClH/c29-18(26-21-23-8-11-30-21)12-14-2-1-3-16-19(14)27-20(25-16)15-4-5-17(24-13-15)28-9-6-22-7-10-28;/h1-5,8,11,13,22H,6-7,9-10,12H2,(H,25,27)(H,23,26,29);1H. The molecule has 4 aromatic rings. The lowest BCUT2D eigenvalue weighted by Gasteiger charge is -2.28. The minimum Gasteiger partial charge on any atom is -0.354 e. The number of aromatic amines is 1. The number of benzene rings is 1. The van der Waals surface area contributed by atoms with Crippen LogP contribution in [0.4, 0.5) is 10.9 Å². The Kier molecular flexibility index (Phi) is 6.45. The topological polar surface area (TPSA) is 98.8 Å². The number of anilines is 2. The van der Waals surface area contributed by atoms with Crippen LogP contribution in [0.15, 0.2) is 48.1 Å². The van der Waals surface area contributed by atoms with Crippen molar-refractivity contribution in [2.24, 2.45) is 0 Å². The summed E-state index contributed by atoms with van der Waals surface area (Å²) in [5.74, 6) is 1.62. The summed E-state index contributed by atoms with van der Waals surface area (Å²) in [6, 6.07) is 9.91. The fourth-order valence-electron chi connectivity index (χ4n) is 3.60. The first kappa shape index (κ1) is 21.2. The summed E-state index contributed by atoms with van der Waals surface area (Å²) in [7, 11) is 0. The van der Waals surface area contributed by atoms with Gasteiger partial charge in [0.25, 0.3) is 0 Å². The van der Waals surface area contributed by atoms with Gasteiger partial charge in [0.1, 0.15) is 11.6 Å². The van der Waals surface area contributed by atoms with Crippen LogP contribution in [0.1, 0.15) is 5.56 Å². The zero-order chi connectivity index (χ0) is 20.3. The summed E-state index contributed by atoms with van der Waals surface area (Å²) in [5.41, 5.74) is 3.49. The molecule has 0 aliphatic carbocycles. The maximum Gasteiger partial charge on any atom is 0.230 e. The smallest absolute Gasteiger partial charge is 0.230 e. The summed E-state index contributed by atoms with van der Waals surface area (Å²) < 4.78 is 0. The third-order valence-corrected chi connectivity index (χ3v) is 5.78. The third-order valence-electron chi connectivity index (χ3n) is 5.09. The van der Waals surface area contributed by atoms with Crippen molar-refractivity contribution in [3.8, 4) is 11.4 Å². The van der Waals surface area contributed by atoms with E-state index in [0.717, 1.165) is 60.0 Å². The van der Waals surface area contributed by atoms with Crippen molar-refractivity contribution in [1.29, 1.82) is 0 Å². The van der Waals surface area contributed by atoms with E-state index in [1.807, 2.05) is 41.9 Å². The molecule has 5 rings (SSSR count). The molecule has 1 aliphatic rings. The number of halogens is 1. The van der Waals surface area contributed by atoms with E-state index in [9.17, 15) is 4.79 Å². The van der Waals surface area contributed by atoms with Crippen molar-refractivity contribution in [3.63, 3.8) is 0 Å². The van der Waals surface area contributed by atoms with Gasteiger partial charge in [0, 0.05) is 49.5 Å². The lowest BCUT2D eigenvalue weighted by Crippen LogP contribution is -2.43. The lowest BCUT2D eigenvalue weighted by atomic mass is 10.1. The number of para-hydroxylation sites is 1. The minimum absolute atomic E-state index is 0. The van der Waals surface area contributed by atoms with Gasteiger partial charge >= 0.3 is 0 Å². The van der Waals surface area contributed by atoms with Gasteiger partial charge in [0.15, 0.2) is 5.13 Å². The van der Waals surface area contributed by atoms with Gasteiger partial charge in [0.2, 0.25) is 5.91 Å². The number of carbonyl (C=O) groups excluding carboxylic acids is 1. The van der Waals surface area contributed by atoms with Crippen LogP contribution in [0.3, 0.4) is 0 Å². The molecule has 3 N–H and O–H groups in total. The number of imidazole rings is 1. The van der Waals surface area contributed by atoms with E-state index in [1.165, 1.54) is 11.3 Å². The van der Waals surface area contributed by atoms with Crippen LogP contribution >= 0.6 is 23.7 Å². The highest BCUT2D eigenvalue weighted by molar-refractivity contribution is 7.13. The molecular formula is C21H22ClN7OS. The van der Waals surface area contributed by atoms with E-state index in [1.54, 1.807) is 6.20 Å². The first-order valence-corrected chi connectivity index (χ1v) is 10.7. The predicted octanol–water partition coefficient (Wildman–Crippen LogP) is 3.09. The van der Waals surface area contributed by atoms with E-state index in [4.69, 9.17) is 4.98 Å². The highest BCUT2D eigenvalue weighted by Crippen LogP contribution is 2.24. The molecule has 4 heterocycles. The van der Waals surface area contributed by atoms with Gasteiger partial charge in [-0.25, -0.2) is 15.0 Å². The zero-order valence-corrected chi connectivity index (χ0v) is 18.3. The number of H-pyrrole nitrogens is 1. The Labute approximate surface area is 189 Å². The molecule has 3 aromatic heterocycles. The van der Waals surface area contributed by atoms with Crippen molar-refractivity contribution < 1.29 is 4.79 Å². The number of carbonyl (C=O) groups is 1. The average Bonchev–Trinajstić information content (AvgIpc) is 3.45. The molecule has 1 amide bonds. The van der Waals surface area contributed by atoms with E-state index in [0.29, 0.717) is 5.13 Å². The van der Waals surface area contributed by atoms with E-state index < -0.39 is 0 Å². The lowest BCUT2D eigenvalue weighted by molar-refractivity contribution is -0.115. The van der Waals surface area contributed by atoms with Gasteiger partial charge < -0.3 is 20.5 Å². The Morgan fingerprint density at radius 3 is 2.77 bits per heavy atom. The summed E-state index contributed by atoms with van der Waals surface area (Å²) >= 11 is 1.40. The van der Waals surface area contributed by atoms with E-state index in [-0.39, 0.29) is 24.7 Å². The van der Waals surface area contributed by atoms with Crippen molar-refractivity contribution >= 4 is 51.6 Å². The number of piperazine rings is 1. The fourth-order valence-corrected chi connectivity index (χ4v) is 4.14. The largest absolute Gasteiger partial charge is 0.354 e. The van der Waals surface area contributed by atoms with Crippen LogP contribution in [0, 0.1) is 0 Å². The molecule has 1 aromatic carbocycles. The normalized spacial score (nSPS) is 13.7. The van der Waals surface area contributed by atoms with Crippen LogP contribution in [-0.4, -0.2) is 52.0 Å². The number of fused-ring (bicyclic) bond motifs is 1. The molecule has 0 bridgehead atoms. The van der Waals surface area contributed by atoms with Crippen LogP contribution < -0.4 is 15.5 Å². The first-order chi connectivity index (χ1) is 14.8. The molecular weight excluding hydrogens is 434 g/mol. The predicted molar refractivity (Wildman–Crippen MR) is 126 cm³/mol. The molecule has 1 aliphatic heterocycles. The Hall–Kier alpha value is -3.01. The molecule has 160 valence electrons. The highest BCUT2D eigenvalue weighted by atomic mass is 35.5. The maximum absolute atomic E-state index is 12.4. The molecule has 10 heteroatoms. The molecule has 0 atom stereocenters. The van der Waals surface area contributed by atoms with E-state index >= 15 is 0 Å². The third kappa shape index (κ3) is 4.68. The first-order valence-electron chi connectivity index (χ1n) is 9.85. The molecule has 8 nitrogen and oxygen atoms in total. The monoisotopic (exact) mass is 455 g/mol. The number of thiazole rings is 1. The van der Waals surface area contributed by atoms with Gasteiger partial charge in [-0.2, -0.15) is 0 Å². The Bertz CT molecular complexity index is 1150. The zero-order valence-electron chi connectivity index (χ0n) is 16.7. The molecule has 31 heavy (non-hydrogen) atoms. The van der Waals surface area contributed by atoms with Crippen LogP contribution in [-0.2, 0) is 11.2 Å². The number of rotatable bonds is 5. The number of aromatic nitrogens is 4. The number of amides is 1. The van der Waals surface area contributed by atoms with Gasteiger partial charge in [-0.3, -0.25) is 4.79 Å². The number of hydrogen-bond donors (Lipinski definition) is 3. The van der Waals surface area contributed by atoms with Crippen LogP contribution in [0.5, 0.6) is 0 Å². The van der Waals surface area contributed by atoms with Crippen molar-refractivity contribution in [3.05, 3.63) is 53.7 Å². The maximum atomic E-state index is 12.4. The van der Waals surface area contributed by atoms with Crippen molar-refractivity contribution in [1.82, 2.24) is 25.3 Å². The van der Waals surface area contributed by atoms with Crippen LogP contribution in [0.2, 0.25) is 0 Å². The second-order valence-electron chi connectivity index (χ2n) is 7.10. The summed E-state index contributed by atoms with van der Waals surface area (Å²) in [6.45, 7) is 3.88. The number of pyridine rings is 1. The molecule has 0 saturated carbocycles. The molecule has 0 radical (unpaired) electrons. The number of nitrogens with one attached hydrogen (secondary N) is 3. The second kappa shape index (κ2) is 9.42. The summed E-state index contributed by atoms with van der Waals surface area (Å²) in [6.07, 6.45) is 3.76. The fraction of sp³-hybridized carbons (Fsp3) is 0.238. The van der Waals surface area contributed by atoms with Crippen LogP contribution in [0.25, 0.3) is 22.4 Å². The van der Waals surface area contributed by atoms with Gasteiger partial charge in [-0.15, -0.1) is 23.7 Å². The highest BCUT2D eigenvalue weighted by Gasteiger charge is 2.15. The molecule has 1 fully saturated rings. The minimum atomic E-state index is -0.107. The Morgan fingerprint density at radius 1 is 1.16 bits per heavy atom. The van der Waals surface area contributed by atoms with Crippen molar-refractivity contribution in [2.75, 3.05) is 36.4 Å². The second-order valence-corrected chi connectivity index (χ2v) is 8.00. The quantitative estimate of drug-likeness (QED) is 0.427. The van der Waals surface area contributed by atoms with Gasteiger partial charge in [-0.05, 0) is 23.8 Å². The number of nitrogens with zero attached hydrogens (tertiary/aromatic N) is 4. The summed E-state index contributed by atoms with van der Waals surface area (Å²) in [5, 5.41) is 8.61. The number of hydrogen-bond acceptors (Lipinski definition) is 7. The molecule has 1 saturated heterocycles. The van der Waals surface area contributed by atoms with Gasteiger partial charge in [-0.1, -0.05) is 12.1 Å². The molecule has 0 unspecified atom stereocenters. The molecule has 0 spiro atoms. The van der Waals surface area contributed by atoms with Gasteiger partial charge in [0.05, 0.1) is 17.5 Å².